The van der Waals surface area contributed by atoms with Gasteiger partial charge in [-0.1, -0.05) is 50.9 Å². The van der Waals surface area contributed by atoms with Gasteiger partial charge in [-0.15, -0.1) is 0 Å². The Morgan fingerprint density at radius 3 is 2.45 bits per heavy atom. The van der Waals surface area contributed by atoms with Gasteiger partial charge >= 0.3 is 6.18 Å². The third-order valence-corrected chi connectivity index (χ3v) is 8.21. The van der Waals surface area contributed by atoms with E-state index in [2.05, 4.69) is 26.5 Å². The number of thioether (sulfide) groups is 1. The number of rotatable bonds is 4. The minimum atomic E-state index is -4.32. The second kappa shape index (κ2) is 8.22. The van der Waals surface area contributed by atoms with Crippen molar-refractivity contribution in [2.75, 3.05) is 0 Å². The Morgan fingerprint density at radius 1 is 1.15 bits per heavy atom. The summed E-state index contributed by atoms with van der Waals surface area (Å²) >= 11 is 17.1. The highest BCUT2D eigenvalue weighted by molar-refractivity contribution is 9.10. The summed E-state index contributed by atoms with van der Waals surface area (Å²) in [5.41, 5.74) is 3.92. The first-order chi connectivity index (χ1) is 15.6. The van der Waals surface area contributed by atoms with Gasteiger partial charge in [0.25, 0.3) is 0 Å². The molecule has 5 rings (SSSR count). The van der Waals surface area contributed by atoms with Crippen LogP contribution in [0, 0.1) is 12.3 Å². The first kappa shape index (κ1) is 23.1. The van der Waals surface area contributed by atoms with E-state index in [-0.39, 0.29) is 17.9 Å². The predicted molar refractivity (Wildman–Crippen MR) is 130 cm³/mol. The molecule has 11 heteroatoms. The van der Waals surface area contributed by atoms with Crippen molar-refractivity contribution in [3.63, 3.8) is 0 Å². The Balaban J connectivity index is 1.58. The molecule has 1 aliphatic heterocycles. The van der Waals surface area contributed by atoms with E-state index in [4.69, 9.17) is 28.2 Å². The summed E-state index contributed by atoms with van der Waals surface area (Å²) in [6, 6.07) is 12.8. The summed E-state index contributed by atoms with van der Waals surface area (Å²) in [5.74, 6) is 0.569. The van der Waals surface area contributed by atoms with Gasteiger partial charge in [0, 0.05) is 26.4 Å². The molecule has 1 aliphatic carbocycles. The molecule has 1 saturated carbocycles. The van der Waals surface area contributed by atoms with Crippen molar-refractivity contribution in [3.05, 3.63) is 68.4 Å². The van der Waals surface area contributed by atoms with Crippen LogP contribution in [0.2, 0.25) is 10.0 Å². The molecule has 0 spiro atoms. The van der Waals surface area contributed by atoms with Crippen LogP contribution in [-0.4, -0.2) is 20.8 Å². The second-order valence-corrected chi connectivity index (χ2v) is 10.8. The van der Waals surface area contributed by atoms with Gasteiger partial charge in [-0.2, -0.15) is 18.3 Å². The molecule has 2 aromatic carbocycles. The molecule has 0 saturated heterocycles. The van der Waals surface area contributed by atoms with Crippen molar-refractivity contribution >= 4 is 55.9 Å². The van der Waals surface area contributed by atoms with E-state index in [9.17, 15) is 13.2 Å². The zero-order valence-corrected chi connectivity index (χ0v) is 21.0. The van der Waals surface area contributed by atoms with E-state index >= 15 is 0 Å². The maximum absolute atomic E-state index is 13.6. The van der Waals surface area contributed by atoms with Crippen LogP contribution in [0.25, 0.3) is 17.1 Å². The monoisotopic (exact) mass is 574 g/mol. The van der Waals surface area contributed by atoms with E-state index in [0.29, 0.717) is 27.1 Å². The molecule has 0 bridgehead atoms. The topological polar surface area (TPSA) is 42.2 Å². The number of hydrogen-bond donors (Lipinski definition) is 1. The Hall–Kier alpha value is -1.68. The Bertz CT molecular complexity index is 1270. The zero-order valence-electron chi connectivity index (χ0n) is 17.1. The molecule has 1 fully saturated rings. The number of aromatic nitrogens is 2. The first-order valence-electron chi connectivity index (χ1n) is 9.98. The molecule has 0 radical (unpaired) electrons. The second-order valence-electron chi connectivity index (χ2n) is 7.97. The number of nitrogens with zero attached hydrogens (tertiary/aromatic N) is 3. The summed E-state index contributed by atoms with van der Waals surface area (Å²) < 4.78 is 43.7. The fourth-order valence-electron chi connectivity index (χ4n) is 3.89. The quantitative estimate of drug-likeness (QED) is 0.344. The van der Waals surface area contributed by atoms with E-state index in [1.807, 2.05) is 35.8 Å². The Labute approximate surface area is 210 Å². The summed E-state index contributed by atoms with van der Waals surface area (Å²) in [6.07, 6.45) is -4.19. The third kappa shape index (κ3) is 3.96. The number of imidazole rings is 1. The number of benzene rings is 2. The lowest BCUT2D eigenvalue weighted by Gasteiger charge is -2.18. The van der Waals surface area contributed by atoms with Crippen molar-refractivity contribution in [2.24, 2.45) is 10.5 Å². The molecule has 4 nitrogen and oxygen atoms in total. The van der Waals surface area contributed by atoms with Gasteiger partial charge in [0.1, 0.15) is 21.7 Å². The molecule has 33 heavy (non-hydrogen) atoms. The smallest absolute Gasteiger partial charge is 0.297 e. The number of hydrogen-bond acceptors (Lipinski definition) is 4. The molecule has 0 amide bonds. The number of hydrazone groups is 1. The Morgan fingerprint density at radius 2 is 1.85 bits per heavy atom. The zero-order chi connectivity index (χ0) is 23.5. The summed E-state index contributed by atoms with van der Waals surface area (Å²) in [6.45, 7) is 1.88. The van der Waals surface area contributed by atoms with Gasteiger partial charge in [0.05, 0.1) is 10.7 Å². The van der Waals surface area contributed by atoms with Crippen molar-refractivity contribution in [1.82, 2.24) is 15.0 Å². The lowest BCUT2D eigenvalue weighted by Crippen LogP contribution is -2.30. The standard InChI is InChI=1S/C22H16BrCl2F3N4S/c1-11-17(19-30-31-20(33-19)21(8-9-21)22(26,27)28)29-18(15-7-4-13(24)10-16(15)25)32(11)14-5-2-12(23)3-6-14/h2-7,10,19,30H,8-9H2,1H3. The number of halogens is 6. The maximum Gasteiger partial charge on any atom is 0.400 e. The van der Waals surface area contributed by atoms with Crippen LogP contribution in [0.15, 0.2) is 52.0 Å². The van der Waals surface area contributed by atoms with Crippen LogP contribution < -0.4 is 5.43 Å². The maximum atomic E-state index is 13.6. The molecule has 172 valence electrons. The highest BCUT2D eigenvalue weighted by Crippen LogP contribution is 2.62. The van der Waals surface area contributed by atoms with Gasteiger partial charge in [-0.3, -0.25) is 9.99 Å². The first-order valence-corrected chi connectivity index (χ1v) is 12.4. The van der Waals surface area contributed by atoms with Gasteiger partial charge in [0.15, 0.2) is 0 Å². The molecular formula is C22H16BrCl2F3N4S. The summed E-state index contributed by atoms with van der Waals surface area (Å²) in [7, 11) is 0. The molecule has 1 aromatic heterocycles. The SMILES string of the molecule is Cc1c(C2NN=C(C3(C(F)(F)F)CC3)S2)nc(-c2ccc(Cl)cc2Cl)n1-c1ccc(Br)cc1. The van der Waals surface area contributed by atoms with Crippen molar-refractivity contribution < 1.29 is 13.2 Å². The van der Waals surface area contributed by atoms with E-state index in [1.165, 1.54) is 0 Å². The highest BCUT2D eigenvalue weighted by Gasteiger charge is 2.67. The van der Waals surface area contributed by atoms with Crippen LogP contribution in [0.1, 0.15) is 29.6 Å². The summed E-state index contributed by atoms with van der Waals surface area (Å²) in [4.78, 5) is 4.84. The molecule has 3 aromatic rings. The van der Waals surface area contributed by atoms with Crippen molar-refractivity contribution in [2.45, 2.75) is 31.3 Å². The van der Waals surface area contributed by atoms with Crippen molar-refractivity contribution in [1.29, 1.82) is 0 Å². The average Bonchev–Trinajstić information content (AvgIpc) is 3.32. The van der Waals surface area contributed by atoms with Gasteiger partial charge in [-0.05, 0) is 62.2 Å². The van der Waals surface area contributed by atoms with Crippen LogP contribution in [-0.2, 0) is 0 Å². The molecule has 2 heterocycles. The van der Waals surface area contributed by atoms with Crippen LogP contribution in [0.5, 0.6) is 0 Å². The molecular weight excluding hydrogens is 560 g/mol. The lowest BCUT2D eigenvalue weighted by atomic mass is 10.1. The van der Waals surface area contributed by atoms with Crippen LogP contribution >= 0.6 is 50.9 Å². The fraction of sp³-hybridized carbons (Fsp3) is 0.273. The molecule has 1 unspecified atom stereocenters. The fourth-order valence-corrected chi connectivity index (χ4v) is 5.96. The van der Waals surface area contributed by atoms with Gasteiger partial charge in [0.2, 0.25) is 0 Å². The number of nitrogens with one attached hydrogen (secondary N) is 1. The third-order valence-electron chi connectivity index (χ3n) is 5.86. The molecule has 1 atom stereocenters. The lowest BCUT2D eigenvalue weighted by molar-refractivity contribution is -0.164. The predicted octanol–water partition coefficient (Wildman–Crippen LogP) is 7.91. The van der Waals surface area contributed by atoms with Crippen molar-refractivity contribution in [3.8, 4) is 17.1 Å². The van der Waals surface area contributed by atoms with E-state index in [1.54, 1.807) is 18.2 Å². The van der Waals surface area contributed by atoms with Gasteiger partial charge < -0.3 is 0 Å². The summed E-state index contributed by atoms with van der Waals surface area (Å²) in [5, 5.41) is 4.53. The number of alkyl halides is 3. The normalized spacial score (nSPS) is 19.4. The largest absolute Gasteiger partial charge is 0.400 e. The minimum absolute atomic E-state index is 0.0642. The average molecular weight is 576 g/mol. The van der Waals surface area contributed by atoms with E-state index < -0.39 is 17.0 Å². The van der Waals surface area contributed by atoms with E-state index in [0.717, 1.165) is 27.6 Å². The van der Waals surface area contributed by atoms with Crippen LogP contribution in [0.4, 0.5) is 13.2 Å². The van der Waals surface area contributed by atoms with Gasteiger partial charge in [-0.25, -0.2) is 4.98 Å². The Kier molecular flexibility index (Phi) is 5.75. The van der Waals surface area contributed by atoms with Crippen LogP contribution in [0.3, 0.4) is 0 Å². The minimum Gasteiger partial charge on any atom is -0.297 e. The molecule has 1 N–H and O–H groups in total. The highest BCUT2D eigenvalue weighted by atomic mass is 79.9. The molecule has 2 aliphatic rings.